The Kier molecular flexibility index (Phi) is 7.68. The van der Waals surface area contributed by atoms with Crippen molar-refractivity contribution in [3.05, 3.63) is 52.8 Å². The molecule has 0 spiro atoms. The molecule has 1 aliphatic rings. The van der Waals surface area contributed by atoms with Gasteiger partial charge in [0.15, 0.2) is 0 Å². The largest absolute Gasteiger partial charge is 0.372 e. The lowest BCUT2D eigenvalue weighted by atomic mass is 10.1. The molecule has 1 heterocycles. The fourth-order valence-corrected chi connectivity index (χ4v) is 5.29. The molecule has 2 atom stereocenters. The smallest absolute Gasteiger partial charge is 0.257 e. The highest BCUT2D eigenvalue weighted by Gasteiger charge is 2.26. The first-order valence-electron chi connectivity index (χ1n) is 10.7. The number of hydrogen-bond donors (Lipinski definition) is 1. The maximum Gasteiger partial charge on any atom is 0.257 e. The number of carbonyl (C=O) groups is 1. The van der Waals surface area contributed by atoms with Gasteiger partial charge >= 0.3 is 0 Å². The number of amides is 1. The van der Waals surface area contributed by atoms with Crippen molar-refractivity contribution in [1.29, 1.82) is 0 Å². The van der Waals surface area contributed by atoms with Crippen LogP contribution in [0.4, 0.5) is 15.8 Å². The molecule has 1 amide bonds. The van der Waals surface area contributed by atoms with Gasteiger partial charge in [0, 0.05) is 31.9 Å². The summed E-state index contributed by atoms with van der Waals surface area (Å²) < 4.78 is 47.3. The lowest BCUT2D eigenvalue weighted by molar-refractivity contribution is -0.00539. The van der Waals surface area contributed by atoms with Crippen LogP contribution in [0.3, 0.4) is 0 Å². The van der Waals surface area contributed by atoms with Crippen molar-refractivity contribution >= 4 is 38.9 Å². The quantitative estimate of drug-likeness (QED) is 0.641. The van der Waals surface area contributed by atoms with Crippen LogP contribution in [-0.2, 0) is 14.8 Å². The minimum atomic E-state index is -3.80. The number of nitrogens with zero attached hydrogens (tertiary/aromatic N) is 2. The van der Waals surface area contributed by atoms with Gasteiger partial charge < -0.3 is 15.0 Å². The van der Waals surface area contributed by atoms with E-state index in [9.17, 15) is 17.6 Å². The van der Waals surface area contributed by atoms with Gasteiger partial charge in [-0.2, -0.15) is 4.31 Å². The predicted molar refractivity (Wildman–Crippen MR) is 128 cm³/mol. The Morgan fingerprint density at radius 3 is 2.39 bits per heavy atom. The third kappa shape index (κ3) is 5.66. The van der Waals surface area contributed by atoms with E-state index >= 15 is 0 Å². The molecule has 0 radical (unpaired) electrons. The Morgan fingerprint density at radius 2 is 1.82 bits per heavy atom. The molecule has 180 valence electrons. The minimum absolute atomic E-state index is 0.0183. The second-order valence-corrected chi connectivity index (χ2v) is 10.9. The van der Waals surface area contributed by atoms with E-state index in [1.807, 2.05) is 18.7 Å². The zero-order chi connectivity index (χ0) is 24.5. The van der Waals surface area contributed by atoms with Crippen LogP contribution < -0.4 is 10.2 Å². The molecule has 1 saturated heterocycles. The number of sulfonamides is 1. The molecule has 0 aliphatic carbocycles. The first-order chi connectivity index (χ1) is 15.4. The van der Waals surface area contributed by atoms with Crippen LogP contribution in [0.1, 0.15) is 38.1 Å². The van der Waals surface area contributed by atoms with Crippen LogP contribution in [0.25, 0.3) is 0 Å². The fourth-order valence-electron chi connectivity index (χ4n) is 3.70. The van der Waals surface area contributed by atoms with Gasteiger partial charge in [0.25, 0.3) is 5.91 Å². The van der Waals surface area contributed by atoms with E-state index in [0.29, 0.717) is 18.8 Å². The van der Waals surface area contributed by atoms with Gasteiger partial charge in [0.1, 0.15) is 5.82 Å². The summed E-state index contributed by atoms with van der Waals surface area (Å²) in [6.07, 6.45) is -0.0408. The van der Waals surface area contributed by atoms with Crippen LogP contribution >= 0.6 is 11.6 Å². The number of carbonyl (C=O) groups excluding carboxylic acids is 1. The second kappa shape index (κ2) is 9.97. The maximum atomic E-state index is 14.9. The zero-order valence-electron chi connectivity index (χ0n) is 19.3. The van der Waals surface area contributed by atoms with Crippen LogP contribution in [-0.4, -0.2) is 57.0 Å². The normalized spacial score (nSPS) is 19.2. The van der Waals surface area contributed by atoms with Crippen LogP contribution in [0.15, 0.2) is 41.3 Å². The van der Waals surface area contributed by atoms with E-state index in [4.69, 9.17) is 16.3 Å². The molecule has 1 aliphatic heterocycles. The number of benzene rings is 2. The molecule has 10 heteroatoms. The van der Waals surface area contributed by atoms with Crippen molar-refractivity contribution in [3.8, 4) is 0 Å². The van der Waals surface area contributed by atoms with Crippen molar-refractivity contribution in [2.45, 2.75) is 50.8 Å². The summed E-state index contributed by atoms with van der Waals surface area (Å²) in [7, 11) is -2.33. The van der Waals surface area contributed by atoms with Crippen molar-refractivity contribution in [2.75, 3.05) is 30.4 Å². The number of ether oxygens (including phenoxy) is 1. The maximum absolute atomic E-state index is 14.9. The van der Waals surface area contributed by atoms with Gasteiger partial charge in [-0.1, -0.05) is 11.6 Å². The number of anilines is 2. The monoisotopic (exact) mass is 497 g/mol. The molecule has 0 bridgehead atoms. The van der Waals surface area contributed by atoms with Gasteiger partial charge in [0.05, 0.1) is 33.4 Å². The van der Waals surface area contributed by atoms with E-state index in [-0.39, 0.29) is 39.4 Å². The fraction of sp³-hybridized carbons (Fsp3) is 0.435. The molecular weight excluding hydrogens is 469 g/mol. The first kappa shape index (κ1) is 25.4. The Bertz CT molecular complexity index is 1130. The highest BCUT2D eigenvalue weighted by molar-refractivity contribution is 7.89. The molecule has 0 aromatic heterocycles. The average molecular weight is 498 g/mol. The summed E-state index contributed by atoms with van der Waals surface area (Å²) >= 11 is 6.17. The third-order valence-electron chi connectivity index (χ3n) is 5.55. The lowest BCUT2D eigenvalue weighted by Crippen LogP contribution is -2.45. The molecule has 3 rings (SSSR count). The standard InChI is InChI=1S/C23H29ClFN3O4S/c1-14(2)27(5)33(30,31)18-7-8-20(24)19(11-18)23(29)26-17-6-9-22(21(25)10-17)28-12-15(3)32-16(4)13-28/h6-11,14-16H,12-13H2,1-5H3,(H,26,29). The average Bonchev–Trinajstić information content (AvgIpc) is 2.72. The Balaban J connectivity index is 1.82. The number of halogens is 2. The van der Waals surface area contributed by atoms with E-state index in [1.165, 1.54) is 35.6 Å². The summed E-state index contributed by atoms with van der Waals surface area (Å²) in [5.41, 5.74) is 0.646. The Morgan fingerprint density at radius 1 is 1.18 bits per heavy atom. The number of rotatable bonds is 6. The molecular formula is C23H29ClFN3O4S. The summed E-state index contributed by atoms with van der Waals surface area (Å²) in [6.45, 7) is 8.50. The lowest BCUT2D eigenvalue weighted by Gasteiger charge is -2.37. The van der Waals surface area contributed by atoms with E-state index in [1.54, 1.807) is 26.0 Å². The van der Waals surface area contributed by atoms with Gasteiger partial charge in [0.2, 0.25) is 10.0 Å². The van der Waals surface area contributed by atoms with E-state index in [0.717, 1.165) is 0 Å². The molecule has 33 heavy (non-hydrogen) atoms. The molecule has 2 aromatic rings. The molecule has 0 saturated carbocycles. The number of morpholine rings is 1. The van der Waals surface area contributed by atoms with Crippen molar-refractivity contribution in [3.63, 3.8) is 0 Å². The van der Waals surface area contributed by atoms with Gasteiger partial charge in [-0.25, -0.2) is 12.8 Å². The minimum Gasteiger partial charge on any atom is -0.372 e. The summed E-state index contributed by atoms with van der Waals surface area (Å²) in [4.78, 5) is 14.7. The van der Waals surface area contributed by atoms with Crippen LogP contribution in [0.2, 0.25) is 5.02 Å². The third-order valence-corrected chi connectivity index (χ3v) is 7.91. The van der Waals surface area contributed by atoms with Crippen molar-refractivity contribution < 1.29 is 22.3 Å². The Labute approximate surface area is 199 Å². The topological polar surface area (TPSA) is 79.0 Å². The van der Waals surface area contributed by atoms with Crippen molar-refractivity contribution in [1.82, 2.24) is 4.31 Å². The summed E-state index contributed by atoms with van der Waals surface area (Å²) in [5, 5.41) is 2.69. The number of hydrogen-bond acceptors (Lipinski definition) is 5. The van der Waals surface area contributed by atoms with E-state index < -0.39 is 21.7 Å². The highest BCUT2D eigenvalue weighted by atomic mass is 35.5. The predicted octanol–water partition coefficient (Wildman–Crippen LogP) is 4.37. The molecule has 1 fully saturated rings. The highest BCUT2D eigenvalue weighted by Crippen LogP contribution is 2.28. The zero-order valence-corrected chi connectivity index (χ0v) is 20.9. The second-order valence-electron chi connectivity index (χ2n) is 8.54. The molecule has 1 N–H and O–H groups in total. The van der Waals surface area contributed by atoms with Crippen LogP contribution in [0, 0.1) is 5.82 Å². The first-order valence-corrected chi connectivity index (χ1v) is 12.5. The van der Waals surface area contributed by atoms with Gasteiger partial charge in [-0.15, -0.1) is 0 Å². The number of nitrogens with one attached hydrogen (secondary N) is 1. The van der Waals surface area contributed by atoms with Gasteiger partial charge in [-0.3, -0.25) is 4.79 Å². The van der Waals surface area contributed by atoms with Crippen LogP contribution in [0.5, 0.6) is 0 Å². The molecule has 7 nitrogen and oxygen atoms in total. The van der Waals surface area contributed by atoms with Crippen molar-refractivity contribution in [2.24, 2.45) is 0 Å². The molecule has 2 unspecified atom stereocenters. The molecule has 2 aromatic carbocycles. The van der Waals surface area contributed by atoms with E-state index in [2.05, 4.69) is 5.32 Å². The summed E-state index contributed by atoms with van der Waals surface area (Å²) in [5.74, 6) is -1.11. The Hall–Kier alpha value is -2.20. The summed E-state index contributed by atoms with van der Waals surface area (Å²) in [6, 6.07) is 8.12. The van der Waals surface area contributed by atoms with Gasteiger partial charge in [-0.05, 0) is 64.1 Å². The SMILES string of the molecule is CC1CN(c2ccc(NC(=O)c3cc(S(=O)(=O)N(C)C(C)C)ccc3Cl)cc2F)CC(C)O1.